The highest BCUT2D eigenvalue weighted by Crippen LogP contribution is 2.19. The number of imidazole rings is 1. The number of rotatable bonds is 11. The number of aryl methyl sites for hydroxylation is 2. The first-order chi connectivity index (χ1) is 14.6. The Labute approximate surface area is 179 Å². The molecule has 1 amide bonds. The second kappa shape index (κ2) is 10.8. The maximum Gasteiger partial charge on any atom is 0.223 e. The van der Waals surface area contributed by atoms with Crippen molar-refractivity contribution in [2.24, 2.45) is 5.92 Å². The Hall–Kier alpha value is -2.82. The van der Waals surface area contributed by atoms with Crippen LogP contribution in [0.15, 0.2) is 48.5 Å². The molecule has 0 saturated carbocycles. The molecule has 0 saturated heterocycles. The molecule has 0 radical (unpaired) electrons. The van der Waals surface area contributed by atoms with Crippen LogP contribution in [0, 0.1) is 12.8 Å². The molecule has 0 aliphatic carbocycles. The number of nitrogens with one attached hydrogen (secondary N) is 1. The minimum Gasteiger partial charge on any atom is -0.491 e. The van der Waals surface area contributed by atoms with Crippen LogP contribution in [0.2, 0.25) is 0 Å². The number of amides is 1. The molecule has 30 heavy (non-hydrogen) atoms. The molecule has 0 aliphatic rings. The summed E-state index contributed by atoms with van der Waals surface area (Å²) in [5.41, 5.74) is 3.27. The molecule has 0 atom stereocenters. The van der Waals surface area contributed by atoms with E-state index in [0.29, 0.717) is 13.2 Å². The van der Waals surface area contributed by atoms with E-state index in [1.807, 2.05) is 36.4 Å². The second-order valence-electron chi connectivity index (χ2n) is 7.69. The van der Waals surface area contributed by atoms with E-state index in [0.717, 1.165) is 60.4 Å². The molecule has 160 valence electrons. The predicted molar refractivity (Wildman–Crippen MR) is 122 cm³/mol. The number of aromatic nitrogens is 2. The Kier molecular flexibility index (Phi) is 7.89. The van der Waals surface area contributed by atoms with Crippen molar-refractivity contribution in [3.05, 3.63) is 59.9 Å². The maximum atomic E-state index is 12.2. The van der Waals surface area contributed by atoms with Gasteiger partial charge < -0.3 is 14.6 Å². The molecular weight excluding hydrogens is 374 g/mol. The van der Waals surface area contributed by atoms with Gasteiger partial charge in [0.05, 0.1) is 17.6 Å². The average molecular weight is 408 g/mol. The van der Waals surface area contributed by atoms with Gasteiger partial charge in [0.25, 0.3) is 0 Å². The first-order valence-corrected chi connectivity index (χ1v) is 11.0. The van der Waals surface area contributed by atoms with Crippen molar-refractivity contribution < 1.29 is 9.53 Å². The Balaban J connectivity index is 1.61. The van der Waals surface area contributed by atoms with Crippen LogP contribution in [0.3, 0.4) is 0 Å². The quantitative estimate of drug-likeness (QED) is 0.460. The van der Waals surface area contributed by atoms with Gasteiger partial charge in [0.15, 0.2) is 0 Å². The fraction of sp³-hybridized carbons (Fsp3) is 0.440. The lowest BCUT2D eigenvalue weighted by Crippen LogP contribution is -2.31. The van der Waals surface area contributed by atoms with Gasteiger partial charge in [0, 0.05) is 18.9 Å². The Morgan fingerprint density at radius 2 is 1.83 bits per heavy atom. The third-order valence-corrected chi connectivity index (χ3v) is 5.63. The summed E-state index contributed by atoms with van der Waals surface area (Å²) >= 11 is 0. The van der Waals surface area contributed by atoms with Crippen molar-refractivity contribution in [1.82, 2.24) is 14.9 Å². The lowest BCUT2D eigenvalue weighted by Gasteiger charge is -2.14. The number of nitrogens with zero attached hydrogens (tertiary/aromatic N) is 2. The van der Waals surface area contributed by atoms with Crippen molar-refractivity contribution in [3.63, 3.8) is 0 Å². The fourth-order valence-corrected chi connectivity index (χ4v) is 3.79. The third kappa shape index (κ3) is 5.41. The SMILES string of the molecule is CCC(CC)C(=O)NCCCc1nc2ccccc2n1CCOc1ccccc1C. The van der Waals surface area contributed by atoms with Gasteiger partial charge in [-0.05, 0) is 49.9 Å². The predicted octanol–water partition coefficient (Wildman–Crippen LogP) is 4.91. The number of para-hydroxylation sites is 3. The van der Waals surface area contributed by atoms with Crippen LogP contribution < -0.4 is 10.1 Å². The molecule has 1 N–H and O–H groups in total. The molecule has 5 heteroatoms. The largest absolute Gasteiger partial charge is 0.491 e. The first-order valence-electron chi connectivity index (χ1n) is 11.0. The first kappa shape index (κ1) is 21.9. The standard InChI is InChI=1S/C25H33N3O2/c1-4-20(5-2)25(29)26-16-10-15-24-27-21-12-7-8-13-22(21)28(24)17-18-30-23-14-9-6-11-19(23)3/h6-9,11-14,20H,4-5,10,15-18H2,1-3H3,(H,26,29). The molecule has 0 unspecified atom stereocenters. The molecule has 1 aromatic heterocycles. The zero-order valence-corrected chi connectivity index (χ0v) is 18.4. The minimum absolute atomic E-state index is 0.119. The summed E-state index contributed by atoms with van der Waals surface area (Å²) in [5, 5.41) is 3.08. The number of benzene rings is 2. The van der Waals surface area contributed by atoms with Gasteiger partial charge in [0.2, 0.25) is 5.91 Å². The van der Waals surface area contributed by atoms with Gasteiger partial charge in [-0.3, -0.25) is 4.79 Å². The molecule has 0 spiro atoms. The lowest BCUT2D eigenvalue weighted by atomic mass is 10.0. The van der Waals surface area contributed by atoms with E-state index >= 15 is 0 Å². The topological polar surface area (TPSA) is 56.2 Å². The number of carbonyl (C=O) groups is 1. The van der Waals surface area contributed by atoms with Crippen LogP contribution in [0.25, 0.3) is 11.0 Å². The zero-order valence-electron chi connectivity index (χ0n) is 18.4. The highest BCUT2D eigenvalue weighted by Gasteiger charge is 2.14. The molecule has 3 aromatic rings. The molecule has 5 nitrogen and oxygen atoms in total. The number of hydrogen-bond donors (Lipinski definition) is 1. The second-order valence-corrected chi connectivity index (χ2v) is 7.69. The summed E-state index contributed by atoms with van der Waals surface area (Å²) in [6.45, 7) is 8.19. The summed E-state index contributed by atoms with van der Waals surface area (Å²) < 4.78 is 8.26. The molecule has 1 heterocycles. The van der Waals surface area contributed by atoms with Crippen LogP contribution in [0.4, 0.5) is 0 Å². The summed E-state index contributed by atoms with van der Waals surface area (Å²) in [4.78, 5) is 17.0. The van der Waals surface area contributed by atoms with E-state index in [2.05, 4.69) is 42.8 Å². The average Bonchev–Trinajstić information content (AvgIpc) is 3.11. The third-order valence-electron chi connectivity index (χ3n) is 5.63. The van der Waals surface area contributed by atoms with E-state index < -0.39 is 0 Å². The normalized spacial score (nSPS) is 11.2. The van der Waals surface area contributed by atoms with E-state index in [4.69, 9.17) is 9.72 Å². The zero-order chi connectivity index (χ0) is 21.3. The van der Waals surface area contributed by atoms with Crippen molar-refractivity contribution in [2.45, 2.75) is 53.0 Å². The van der Waals surface area contributed by atoms with Gasteiger partial charge in [-0.2, -0.15) is 0 Å². The van der Waals surface area contributed by atoms with E-state index in [1.165, 1.54) is 0 Å². The van der Waals surface area contributed by atoms with Gasteiger partial charge >= 0.3 is 0 Å². The van der Waals surface area contributed by atoms with Crippen molar-refractivity contribution in [3.8, 4) is 5.75 Å². The highest BCUT2D eigenvalue weighted by molar-refractivity contribution is 5.78. The maximum absolute atomic E-state index is 12.2. The minimum atomic E-state index is 0.119. The number of hydrogen-bond acceptors (Lipinski definition) is 3. The Morgan fingerprint density at radius 1 is 1.10 bits per heavy atom. The molecule has 2 aromatic carbocycles. The number of ether oxygens (including phenoxy) is 1. The van der Waals surface area contributed by atoms with Crippen LogP contribution in [-0.2, 0) is 17.8 Å². The Morgan fingerprint density at radius 3 is 2.60 bits per heavy atom. The molecule has 0 bridgehead atoms. The van der Waals surface area contributed by atoms with E-state index in [9.17, 15) is 4.79 Å². The molecule has 3 rings (SSSR count). The summed E-state index contributed by atoms with van der Waals surface area (Å²) in [7, 11) is 0. The van der Waals surface area contributed by atoms with Crippen LogP contribution in [-0.4, -0.2) is 28.6 Å². The summed E-state index contributed by atoms with van der Waals surface area (Å²) in [6, 6.07) is 16.3. The van der Waals surface area contributed by atoms with Gasteiger partial charge in [-0.1, -0.05) is 44.2 Å². The highest BCUT2D eigenvalue weighted by atomic mass is 16.5. The summed E-state index contributed by atoms with van der Waals surface area (Å²) in [6.07, 6.45) is 3.47. The van der Waals surface area contributed by atoms with E-state index in [1.54, 1.807) is 0 Å². The number of fused-ring (bicyclic) bond motifs is 1. The number of carbonyl (C=O) groups excluding carboxylic acids is 1. The van der Waals surface area contributed by atoms with Crippen LogP contribution >= 0.6 is 0 Å². The lowest BCUT2D eigenvalue weighted by molar-refractivity contribution is -0.125. The van der Waals surface area contributed by atoms with Gasteiger partial charge in [-0.25, -0.2) is 4.98 Å². The van der Waals surface area contributed by atoms with Crippen molar-refractivity contribution >= 4 is 16.9 Å². The monoisotopic (exact) mass is 407 g/mol. The molecule has 0 fully saturated rings. The van der Waals surface area contributed by atoms with E-state index in [-0.39, 0.29) is 11.8 Å². The smallest absolute Gasteiger partial charge is 0.223 e. The van der Waals surface area contributed by atoms with Gasteiger partial charge in [0.1, 0.15) is 18.2 Å². The fourth-order valence-electron chi connectivity index (χ4n) is 3.79. The van der Waals surface area contributed by atoms with Crippen LogP contribution in [0.1, 0.15) is 44.5 Å². The van der Waals surface area contributed by atoms with Crippen LogP contribution in [0.5, 0.6) is 5.75 Å². The van der Waals surface area contributed by atoms with Crippen molar-refractivity contribution in [2.75, 3.05) is 13.2 Å². The van der Waals surface area contributed by atoms with Gasteiger partial charge in [-0.15, -0.1) is 0 Å². The summed E-state index contributed by atoms with van der Waals surface area (Å²) in [5.74, 6) is 2.25. The molecular formula is C25H33N3O2. The molecule has 0 aliphatic heterocycles. The van der Waals surface area contributed by atoms with Crippen molar-refractivity contribution in [1.29, 1.82) is 0 Å². The Bertz CT molecular complexity index is 960.